The highest BCUT2D eigenvalue weighted by Gasteiger charge is 2.02. The second kappa shape index (κ2) is 7.24. The number of nitrogens with zero attached hydrogens (tertiary/aromatic N) is 1. The number of nitrogens with one attached hydrogen (secondary N) is 1. The zero-order valence-corrected chi connectivity index (χ0v) is 12.4. The van der Waals surface area contributed by atoms with Crippen LogP contribution in [0, 0.1) is 5.82 Å². The smallest absolute Gasteiger partial charge is 0.250 e. The second-order valence-electron chi connectivity index (χ2n) is 4.54. The van der Waals surface area contributed by atoms with Crippen molar-refractivity contribution in [2.75, 3.05) is 19.0 Å². The highest BCUT2D eigenvalue weighted by molar-refractivity contribution is 6.30. The summed E-state index contributed by atoms with van der Waals surface area (Å²) in [7, 11) is 1.59. The summed E-state index contributed by atoms with van der Waals surface area (Å²) in [5.74, 6) is -0.437. The lowest BCUT2D eigenvalue weighted by Gasteiger charge is -2.10. The van der Waals surface area contributed by atoms with Gasteiger partial charge in [-0.25, -0.2) is 4.39 Å². The van der Waals surface area contributed by atoms with E-state index in [0.717, 1.165) is 11.3 Å². The van der Waals surface area contributed by atoms with Crippen molar-refractivity contribution in [3.05, 3.63) is 63.3 Å². The molecule has 1 heterocycles. The third-order valence-electron chi connectivity index (χ3n) is 3.00. The van der Waals surface area contributed by atoms with Crippen LogP contribution in [0.25, 0.3) is 0 Å². The van der Waals surface area contributed by atoms with Crippen molar-refractivity contribution >= 4 is 17.3 Å². The maximum Gasteiger partial charge on any atom is 0.250 e. The molecule has 0 bridgehead atoms. The topological polar surface area (TPSA) is 43.3 Å². The highest BCUT2D eigenvalue weighted by Crippen LogP contribution is 2.17. The minimum absolute atomic E-state index is 0.0811. The Bertz CT molecular complexity index is 673. The SMILES string of the molecule is COCCn1cc(NCc2ccc(F)c(Cl)c2)ccc1=O. The van der Waals surface area contributed by atoms with E-state index in [4.69, 9.17) is 16.3 Å². The van der Waals surface area contributed by atoms with Crippen molar-refractivity contribution in [3.63, 3.8) is 0 Å². The van der Waals surface area contributed by atoms with Gasteiger partial charge in [-0.15, -0.1) is 0 Å². The largest absolute Gasteiger partial charge is 0.383 e. The van der Waals surface area contributed by atoms with E-state index in [1.165, 1.54) is 12.1 Å². The van der Waals surface area contributed by atoms with Gasteiger partial charge in [-0.2, -0.15) is 0 Å². The van der Waals surface area contributed by atoms with Gasteiger partial charge in [-0.3, -0.25) is 4.79 Å². The summed E-state index contributed by atoms with van der Waals surface area (Å²) < 4.78 is 19.6. The number of hydrogen-bond donors (Lipinski definition) is 1. The van der Waals surface area contributed by atoms with Crippen molar-refractivity contribution in [3.8, 4) is 0 Å². The van der Waals surface area contributed by atoms with Crippen LogP contribution in [0.15, 0.2) is 41.3 Å². The average Bonchev–Trinajstić information content (AvgIpc) is 2.48. The van der Waals surface area contributed by atoms with E-state index in [2.05, 4.69) is 5.32 Å². The quantitative estimate of drug-likeness (QED) is 0.892. The molecule has 0 fully saturated rings. The van der Waals surface area contributed by atoms with E-state index < -0.39 is 5.82 Å². The van der Waals surface area contributed by atoms with E-state index in [1.807, 2.05) is 0 Å². The van der Waals surface area contributed by atoms with Crippen LogP contribution in [-0.4, -0.2) is 18.3 Å². The monoisotopic (exact) mass is 310 g/mol. The first-order valence-corrected chi connectivity index (χ1v) is 6.85. The van der Waals surface area contributed by atoms with E-state index in [-0.39, 0.29) is 10.6 Å². The van der Waals surface area contributed by atoms with Crippen LogP contribution < -0.4 is 10.9 Å². The fraction of sp³-hybridized carbons (Fsp3) is 0.267. The number of benzene rings is 1. The predicted molar refractivity (Wildman–Crippen MR) is 81.3 cm³/mol. The standard InChI is InChI=1S/C15H16ClFN2O2/c1-21-7-6-19-10-12(3-5-15(19)20)18-9-11-2-4-14(17)13(16)8-11/h2-5,8,10,18H,6-7,9H2,1H3. The third-order valence-corrected chi connectivity index (χ3v) is 3.29. The van der Waals surface area contributed by atoms with E-state index in [9.17, 15) is 9.18 Å². The minimum Gasteiger partial charge on any atom is -0.383 e. The number of ether oxygens (including phenoxy) is 1. The fourth-order valence-electron chi connectivity index (χ4n) is 1.85. The Labute approximate surface area is 127 Å². The molecule has 0 radical (unpaired) electrons. The number of halogens is 2. The molecule has 0 amide bonds. The van der Waals surface area contributed by atoms with E-state index >= 15 is 0 Å². The molecule has 0 aliphatic rings. The molecule has 0 atom stereocenters. The summed E-state index contributed by atoms with van der Waals surface area (Å²) in [5, 5.41) is 3.27. The van der Waals surface area contributed by atoms with Crippen LogP contribution >= 0.6 is 11.6 Å². The van der Waals surface area contributed by atoms with Crippen LogP contribution in [0.1, 0.15) is 5.56 Å². The Kier molecular flexibility index (Phi) is 5.36. The molecule has 0 aliphatic carbocycles. The molecule has 1 aromatic heterocycles. The van der Waals surface area contributed by atoms with Gasteiger partial charge in [0.05, 0.1) is 17.3 Å². The van der Waals surface area contributed by atoms with Gasteiger partial charge in [0.25, 0.3) is 5.56 Å². The first-order valence-electron chi connectivity index (χ1n) is 6.47. The average molecular weight is 311 g/mol. The van der Waals surface area contributed by atoms with E-state index in [0.29, 0.717) is 19.7 Å². The molecule has 21 heavy (non-hydrogen) atoms. The molecule has 2 rings (SSSR count). The number of pyridine rings is 1. The summed E-state index contributed by atoms with van der Waals surface area (Å²) >= 11 is 5.74. The number of anilines is 1. The normalized spacial score (nSPS) is 10.6. The summed E-state index contributed by atoms with van der Waals surface area (Å²) in [5.41, 5.74) is 1.57. The lowest BCUT2D eigenvalue weighted by atomic mass is 10.2. The van der Waals surface area contributed by atoms with Crippen molar-refractivity contribution in [2.45, 2.75) is 13.1 Å². The van der Waals surface area contributed by atoms with Gasteiger partial charge in [-0.1, -0.05) is 17.7 Å². The Balaban J connectivity index is 2.05. The van der Waals surface area contributed by atoms with Crippen molar-refractivity contribution in [2.24, 2.45) is 0 Å². The lowest BCUT2D eigenvalue weighted by Crippen LogP contribution is -2.21. The summed E-state index contributed by atoms with van der Waals surface area (Å²) in [4.78, 5) is 11.7. The van der Waals surface area contributed by atoms with Crippen LogP contribution in [0.5, 0.6) is 0 Å². The van der Waals surface area contributed by atoms with Crippen LogP contribution in [0.4, 0.5) is 10.1 Å². The number of aromatic nitrogens is 1. The molecule has 1 N–H and O–H groups in total. The van der Waals surface area contributed by atoms with Crippen LogP contribution in [0.2, 0.25) is 5.02 Å². The molecule has 6 heteroatoms. The molecule has 0 spiro atoms. The third kappa shape index (κ3) is 4.31. The zero-order valence-electron chi connectivity index (χ0n) is 11.6. The van der Waals surface area contributed by atoms with Gasteiger partial charge in [0, 0.05) is 32.5 Å². The van der Waals surface area contributed by atoms with Gasteiger partial charge in [0.1, 0.15) is 5.82 Å². The second-order valence-corrected chi connectivity index (χ2v) is 4.95. The Morgan fingerprint density at radius 2 is 2.14 bits per heavy atom. The minimum atomic E-state index is -0.437. The summed E-state index contributed by atoms with van der Waals surface area (Å²) in [6, 6.07) is 7.77. The summed E-state index contributed by atoms with van der Waals surface area (Å²) in [6.07, 6.45) is 1.73. The highest BCUT2D eigenvalue weighted by atomic mass is 35.5. The molecule has 1 aromatic carbocycles. The fourth-order valence-corrected chi connectivity index (χ4v) is 2.06. The first kappa shape index (κ1) is 15.5. The summed E-state index contributed by atoms with van der Waals surface area (Å²) in [6.45, 7) is 1.45. The van der Waals surface area contributed by atoms with Crippen molar-refractivity contribution in [1.82, 2.24) is 4.57 Å². The molecular weight excluding hydrogens is 295 g/mol. The maximum atomic E-state index is 13.1. The first-order chi connectivity index (χ1) is 10.1. The molecule has 0 aliphatic heterocycles. The molecule has 0 saturated carbocycles. The molecule has 4 nitrogen and oxygen atoms in total. The van der Waals surface area contributed by atoms with Crippen LogP contribution in [-0.2, 0) is 17.8 Å². The number of methoxy groups -OCH3 is 1. The maximum absolute atomic E-state index is 13.1. The predicted octanol–water partition coefficient (Wildman–Crippen LogP) is 2.90. The zero-order chi connectivity index (χ0) is 15.2. The molecular formula is C15H16ClFN2O2. The van der Waals surface area contributed by atoms with Crippen LogP contribution in [0.3, 0.4) is 0 Å². The Hall–Kier alpha value is -1.85. The molecule has 112 valence electrons. The lowest BCUT2D eigenvalue weighted by molar-refractivity contribution is 0.186. The van der Waals surface area contributed by atoms with Gasteiger partial charge in [0.2, 0.25) is 0 Å². The number of hydrogen-bond acceptors (Lipinski definition) is 3. The molecule has 2 aromatic rings. The van der Waals surface area contributed by atoms with E-state index in [1.54, 1.807) is 36.1 Å². The van der Waals surface area contributed by atoms with Gasteiger partial charge in [0.15, 0.2) is 0 Å². The van der Waals surface area contributed by atoms with Gasteiger partial charge >= 0.3 is 0 Å². The molecule has 0 unspecified atom stereocenters. The Morgan fingerprint density at radius 3 is 2.86 bits per heavy atom. The molecule has 0 saturated heterocycles. The van der Waals surface area contributed by atoms with Gasteiger partial charge in [-0.05, 0) is 23.8 Å². The van der Waals surface area contributed by atoms with Crippen molar-refractivity contribution in [1.29, 1.82) is 0 Å². The van der Waals surface area contributed by atoms with Gasteiger partial charge < -0.3 is 14.6 Å². The number of rotatable bonds is 6. The van der Waals surface area contributed by atoms with Crippen molar-refractivity contribution < 1.29 is 9.13 Å². The Morgan fingerprint density at radius 1 is 1.33 bits per heavy atom.